The molecule has 2 aromatic rings. The summed E-state index contributed by atoms with van der Waals surface area (Å²) < 4.78 is 0. The average molecular weight is 270 g/mol. The van der Waals surface area contributed by atoms with E-state index in [2.05, 4.69) is 21.0 Å². The molecule has 0 spiro atoms. The van der Waals surface area contributed by atoms with Gasteiger partial charge >= 0.3 is 0 Å². The highest BCUT2D eigenvalue weighted by atomic mass is 32.1. The van der Waals surface area contributed by atoms with Crippen LogP contribution in [0.25, 0.3) is 0 Å². The van der Waals surface area contributed by atoms with Crippen molar-refractivity contribution >= 4 is 17.6 Å². The monoisotopic (exact) mass is 270 g/mol. The van der Waals surface area contributed by atoms with Crippen molar-refractivity contribution in [2.75, 3.05) is 0 Å². The SMILES string of the molecule is Cc1csc([C@H](C#N)C=N[C@@H](C)c2ccncc2)n1. The Balaban J connectivity index is 2.11. The van der Waals surface area contributed by atoms with Crippen molar-refractivity contribution in [3.63, 3.8) is 0 Å². The molecule has 0 aliphatic heterocycles. The molecule has 0 fully saturated rings. The van der Waals surface area contributed by atoms with Crippen LogP contribution in [0.2, 0.25) is 0 Å². The van der Waals surface area contributed by atoms with Gasteiger partial charge in [0.2, 0.25) is 0 Å². The van der Waals surface area contributed by atoms with Gasteiger partial charge in [-0.15, -0.1) is 11.3 Å². The van der Waals surface area contributed by atoms with Crippen LogP contribution in [-0.2, 0) is 0 Å². The Kier molecular flexibility index (Phi) is 4.37. The number of aliphatic imine (C=N–C) groups is 1. The quantitative estimate of drug-likeness (QED) is 0.801. The summed E-state index contributed by atoms with van der Waals surface area (Å²) in [5.74, 6) is -0.372. The fourth-order valence-electron chi connectivity index (χ4n) is 1.61. The molecule has 2 heterocycles. The molecule has 4 nitrogen and oxygen atoms in total. The summed E-state index contributed by atoms with van der Waals surface area (Å²) in [6.07, 6.45) is 5.17. The fourth-order valence-corrected chi connectivity index (χ4v) is 2.41. The van der Waals surface area contributed by atoms with E-state index < -0.39 is 0 Å². The lowest BCUT2D eigenvalue weighted by atomic mass is 10.1. The van der Waals surface area contributed by atoms with Gasteiger partial charge in [0.15, 0.2) is 0 Å². The maximum atomic E-state index is 9.19. The van der Waals surface area contributed by atoms with E-state index in [1.807, 2.05) is 31.4 Å². The zero-order chi connectivity index (χ0) is 13.7. The van der Waals surface area contributed by atoms with Crippen LogP contribution in [0, 0.1) is 18.3 Å². The van der Waals surface area contributed by atoms with Crippen LogP contribution in [-0.4, -0.2) is 16.2 Å². The molecule has 0 aliphatic carbocycles. The molecule has 0 saturated heterocycles. The van der Waals surface area contributed by atoms with E-state index in [0.29, 0.717) is 0 Å². The van der Waals surface area contributed by atoms with Gasteiger partial charge in [-0.1, -0.05) is 0 Å². The van der Waals surface area contributed by atoms with E-state index in [4.69, 9.17) is 0 Å². The number of hydrogen-bond acceptors (Lipinski definition) is 5. The maximum Gasteiger partial charge on any atom is 0.133 e. The molecular formula is C14H14N4S. The summed E-state index contributed by atoms with van der Waals surface area (Å²) in [5, 5.41) is 11.9. The van der Waals surface area contributed by atoms with Crippen molar-refractivity contribution in [3.05, 3.63) is 46.2 Å². The molecule has 0 unspecified atom stereocenters. The third kappa shape index (κ3) is 3.46. The lowest BCUT2D eigenvalue weighted by molar-refractivity contribution is 0.816. The first-order chi connectivity index (χ1) is 9.20. The van der Waals surface area contributed by atoms with E-state index >= 15 is 0 Å². The minimum absolute atomic E-state index is 0.0138. The van der Waals surface area contributed by atoms with Crippen LogP contribution in [0.4, 0.5) is 0 Å². The molecule has 96 valence electrons. The Bertz CT molecular complexity index is 597. The van der Waals surface area contributed by atoms with Crippen LogP contribution in [0.1, 0.15) is 35.1 Å². The van der Waals surface area contributed by atoms with Gasteiger partial charge in [0.1, 0.15) is 10.9 Å². The van der Waals surface area contributed by atoms with Crippen molar-refractivity contribution in [2.45, 2.75) is 25.8 Å². The smallest absolute Gasteiger partial charge is 0.133 e. The molecule has 5 heteroatoms. The Morgan fingerprint density at radius 1 is 1.42 bits per heavy atom. The first-order valence-electron chi connectivity index (χ1n) is 5.95. The van der Waals surface area contributed by atoms with Gasteiger partial charge in [-0.2, -0.15) is 5.26 Å². The number of thiazole rings is 1. The summed E-state index contributed by atoms with van der Waals surface area (Å²) in [6, 6.07) is 6.09. The largest absolute Gasteiger partial charge is 0.288 e. The van der Waals surface area contributed by atoms with Gasteiger partial charge in [-0.25, -0.2) is 4.98 Å². The van der Waals surface area contributed by atoms with Crippen LogP contribution < -0.4 is 0 Å². The number of nitriles is 1. The molecule has 2 aromatic heterocycles. The second-order valence-corrected chi connectivity index (χ2v) is 5.08. The van der Waals surface area contributed by atoms with Gasteiger partial charge in [-0.3, -0.25) is 9.98 Å². The maximum absolute atomic E-state index is 9.19. The Morgan fingerprint density at radius 2 is 2.16 bits per heavy atom. The number of aryl methyl sites for hydroxylation is 1. The lowest BCUT2D eigenvalue weighted by Crippen LogP contribution is -1.99. The van der Waals surface area contributed by atoms with E-state index in [1.54, 1.807) is 18.6 Å². The lowest BCUT2D eigenvalue weighted by Gasteiger charge is -2.06. The van der Waals surface area contributed by atoms with E-state index in [9.17, 15) is 5.26 Å². The van der Waals surface area contributed by atoms with Crippen molar-refractivity contribution < 1.29 is 0 Å². The first-order valence-corrected chi connectivity index (χ1v) is 6.83. The third-order valence-corrected chi connectivity index (χ3v) is 3.73. The van der Waals surface area contributed by atoms with E-state index in [0.717, 1.165) is 16.3 Å². The predicted molar refractivity (Wildman–Crippen MR) is 76.3 cm³/mol. The van der Waals surface area contributed by atoms with Crippen molar-refractivity contribution in [1.29, 1.82) is 5.26 Å². The fraction of sp³-hybridized carbons (Fsp3) is 0.286. The molecule has 0 saturated carbocycles. The minimum atomic E-state index is -0.372. The number of rotatable bonds is 4. The molecular weight excluding hydrogens is 256 g/mol. The number of nitrogens with zero attached hydrogens (tertiary/aromatic N) is 4. The normalized spacial score (nSPS) is 14.2. The van der Waals surface area contributed by atoms with Crippen LogP contribution >= 0.6 is 11.3 Å². The molecule has 0 radical (unpaired) electrons. The first kappa shape index (κ1) is 13.4. The average Bonchev–Trinajstić information content (AvgIpc) is 2.87. The third-order valence-electron chi connectivity index (χ3n) is 2.69. The Labute approximate surface area is 116 Å². The van der Waals surface area contributed by atoms with Crippen LogP contribution in [0.3, 0.4) is 0 Å². The summed E-state index contributed by atoms with van der Waals surface area (Å²) in [4.78, 5) is 12.7. The van der Waals surface area contributed by atoms with Gasteiger partial charge in [-0.05, 0) is 31.5 Å². The second-order valence-electron chi connectivity index (χ2n) is 4.19. The highest BCUT2D eigenvalue weighted by Gasteiger charge is 2.12. The molecule has 2 rings (SSSR count). The standard InChI is InChI=1S/C14H14N4S/c1-10-9-19-14(18-10)13(7-15)8-17-11(2)12-3-5-16-6-4-12/h3-6,8-9,11,13H,1-2H3/t11-,13+/m0/s1. The minimum Gasteiger partial charge on any atom is -0.288 e. The van der Waals surface area contributed by atoms with Crippen LogP contribution in [0.15, 0.2) is 34.9 Å². The molecule has 0 amide bonds. The molecule has 0 aliphatic rings. The second kappa shape index (κ2) is 6.21. The molecule has 0 N–H and O–H groups in total. The van der Waals surface area contributed by atoms with Crippen molar-refractivity contribution in [2.24, 2.45) is 4.99 Å². The molecule has 2 atom stereocenters. The summed E-state index contributed by atoms with van der Waals surface area (Å²) >= 11 is 1.49. The van der Waals surface area contributed by atoms with Gasteiger partial charge in [0.25, 0.3) is 0 Å². The molecule has 0 bridgehead atoms. The molecule has 19 heavy (non-hydrogen) atoms. The Hall–Kier alpha value is -2.06. The number of aromatic nitrogens is 2. The zero-order valence-corrected chi connectivity index (χ0v) is 11.6. The van der Waals surface area contributed by atoms with Gasteiger partial charge in [0.05, 0.1) is 12.1 Å². The van der Waals surface area contributed by atoms with Crippen LogP contribution in [0.5, 0.6) is 0 Å². The number of hydrogen-bond donors (Lipinski definition) is 0. The summed E-state index contributed by atoms with van der Waals surface area (Å²) in [5.41, 5.74) is 2.02. The van der Waals surface area contributed by atoms with Crippen molar-refractivity contribution in [1.82, 2.24) is 9.97 Å². The molecule has 0 aromatic carbocycles. The van der Waals surface area contributed by atoms with Gasteiger partial charge in [0, 0.05) is 29.7 Å². The summed E-state index contributed by atoms with van der Waals surface area (Å²) in [6.45, 7) is 3.92. The predicted octanol–water partition coefficient (Wildman–Crippen LogP) is 3.29. The van der Waals surface area contributed by atoms with Gasteiger partial charge < -0.3 is 0 Å². The zero-order valence-electron chi connectivity index (χ0n) is 10.8. The number of pyridine rings is 1. The van der Waals surface area contributed by atoms with E-state index in [-0.39, 0.29) is 12.0 Å². The Morgan fingerprint density at radius 3 is 2.74 bits per heavy atom. The van der Waals surface area contributed by atoms with E-state index in [1.165, 1.54) is 11.3 Å². The topological polar surface area (TPSA) is 61.9 Å². The highest BCUT2D eigenvalue weighted by molar-refractivity contribution is 7.09. The van der Waals surface area contributed by atoms with Crippen molar-refractivity contribution in [3.8, 4) is 6.07 Å². The highest BCUT2D eigenvalue weighted by Crippen LogP contribution is 2.20. The summed E-state index contributed by atoms with van der Waals surface area (Å²) in [7, 11) is 0.